The smallest absolute Gasteiger partial charge is 0.323 e. The summed E-state index contributed by atoms with van der Waals surface area (Å²) in [5.74, 6) is 0.569. The Balaban J connectivity index is 2.01. The second-order valence-corrected chi connectivity index (χ2v) is 6.26. The summed E-state index contributed by atoms with van der Waals surface area (Å²) in [6, 6.07) is 4.28. The van der Waals surface area contributed by atoms with Crippen molar-refractivity contribution in [2.24, 2.45) is 0 Å². The Morgan fingerprint density at radius 3 is 2.89 bits per heavy atom. The standard InChI is InChI=1S/C11H14BrN5OS/c1-2-5-18-11-16-9(13)15-10(17-11)14-6-7-3-4-8(12)19-7/h3-4H,2,5-6H2,1H3,(H3,13,14,15,16,17). The summed E-state index contributed by atoms with van der Waals surface area (Å²) in [4.78, 5) is 13.3. The largest absolute Gasteiger partial charge is 0.463 e. The summed E-state index contributed by atoms with van der Waals surface area (Å²) >= 11 is 5.07. The average molecular weight is 344 g/mol. The van der Waals surface area contributed by atoms with Crippen LogP contribution < -0.4 is 15.8 Å². The maximum atomic E-state index is 5.62. The van der Waals surface area contributed by atoms with Crippen LogP contribution >= 0.6 is 27.3 Å². The summed E-state index contributed by atoms with van der Waals surface area (Å²) in [7, 11) is 0. The molecule has 0 aliphatic rings. The van der Waals surface area contributed by atoms with E-state index in [9.17, 15) is 0 Å². The van der Waals surface area contributed by atoms with Crippen LogP contribution in [0.15, 0.2) is 15.9 Å². The predicted octanol–water partition coefficient (Wildman–Crippen LogP) is 2.68. The molecule has 0 aliphatic carbocycles. The molecule has 19 heavy (non-hydrogen) atoms. The summed E-state index contributed by atoms with van der Waals surface area (Å²) in [6.45, 7) is 3.20. The van der Waals surface area contributed by atoms with E-state index in [0.29, 0.717) is 19.1 Å². The van der Waals surface area contributed by atoms with Crippen molar-refractivity contribution in [1.29, 1.82) is 0 Å². The third-order valence-electron chi connectivity index (χ3n) is 2.12. The number of aromatic nitrogens is 3. The molecule has 8 heteroatoms. The van der Waals surface area contributed by atoms with Crippen molar-refractivity contribution in [2.75, 3.05) is 17.7 Å². The number of anilines is 2. The van der Waals surface area contributed by atoms with Crippen molar-refractivity contribution in [1.82, 2.24) is 15.0 Å². The molecule has 0 radical (unpaired) electrons. The number of nitrogens with zero attached hydrogens (tertiary/aromatic N) is 3. The highest BCUT2D eigenvalue weighted by Crippen LogP contribution is 2.22. The lowest BCUT2D eigenvalue weighted by Gasteiger charge is -2.06. The number of hydrogen-bond donors (Lipinski definition) is 2. The van der Waals surface area contributed by atoms with Crippen molar-refractivity contribution >= 4 is 39.2 Å². The molecule has 0 unspecified atom stereocenters. The normalized spacial score (nSPS) is 10.4. The van der Waals surface area contributed by atoms with Gasteiger partial charge in [0, 0.05) is 4.88 Å². The van der Waals surface area contributed by atoms with Gasteiger partial charge in [-0.05, 0) is 34.5 Å². The van der Waals surface area contributed by atoms with Gasteiger partial charge in [0.05, 0.1) is 16.9 Å². The van der Waals surface area contributed by atoms with E-state index in [1.807, 2.05) is 19.1 Å². The van der Waals surface area contributed by atoms with Gasteiger partial charge in [-0.1, -0.05) is 6.92 Å². The number of thiophene rings is 1. The van der Waals surface area contributed by atoms with Gasteiger partial charge >= 0.3 is 6.01 Å². The fraction of sp³-hybridized carbons (Fsp3) is 0.364. The van der Waals surface area contributed by atoms with Crippen molar-refractivity contribution in [3.05, 3.63) is 20.8 Å². The first-order valence-electron chi connectivity index (χ1n) is 5.80. The first kappa shape index (κ1) is 14.0. The second-order valence-electron chi connectivity index (χ2n) is 3.71. The fourth-order valence-electron chi connectivity index (χ4n) is 1.32. The molecule has 102 valence electrons. The molecule has 0 atom stereocenters. The Bertz CT molecular complexity index is 548. The number of rotatable bonds is 6. The maximum Gasteiger partial charge on any atom is 0.323 e. The Hall–Kier alpha value is -1.41. The van der Waals surface area contributed by atoms with Gasteiger partial charge in [0.2, 0.25) is 11.9 Å². The van der Waals surface area contributed by atoms with Crippen LogP contribution in [0.1, 0.15) is 18.2 Å². The quantitative estimate of drug-likeness (QED) is 0.838. The summed E-state index contributed by atoms with van der Waals surface area (Å²) in [6.07, 6.45) is 0.886. The van der Waals surface area contributed by atoms with E-state index in [1.165, 1.54) is 4.88 Å². The van der Waals surface area contributed by atoms with Gasteiger partial charge in [-0.15, -0.1) is 11.3 Å². The molecule has 0 bridgehead atoms. The van der Waals surface area contributed by atoms with E-state index in [0.717, 1.165) is 10.2 Å². The maximum absolute atomic E-state index is 5.62. The average Bonchev–Trinajstić information content (AvgIpc) is 2.79. The highest BCUT2D eigenvalue weighted by molar-refractivity contribution is 9.11. The van der Waals surface area contributed by atoms with E-state index >= 15 is 0 Å². The number of ether oxygens (including phenoxy) is 1. The molecule has 0 fully saturated rings. The Morgan fingerprint density at radius 1 is 1.37 bits per heavy atom. The molecule has 2 aromatic rings. The minimum atomic E-state index is 0.149. The first-order chi connectivity index (χ1) is 9.17. The van der Waals surface area contributed by atoms with Crippen molar-refractivity contribution in [3.63, 3.8) is 0 Å². The molecule has 0 amide bonds. The van der Waals surface area contributed by atoms with Crippen LogP contribution in [0, 0.1) is 0 Å². The molecule has 0 aliphatic heterocycles. The van der Waals surface area contributed by atoms with Crippen LogP contribution in [0.4, 0.5) is 11.9 Å². The zero-order valence-corrected chi connectivity index (χ0v) is 12.8. The molecule has 0 aromatic carbocycles. The topological polar surface area (TPSA) is 86.0 Å². The zero-order valence-electron chi connectivity index (χ0n) is 10.4. The van der Waals surface area contributed by atoms with Crippen LogP contribution in [-0.2, 0) is 6.54 Å². The zero-order chi connectivity index (χ0) is 13.7. The number of nitrogens with two attached hydrogens (primary N) is 1. The van der Waals surface area contributed by atoms with Crippen molar-refractivity contribution in [3.8, 4) is 6.01 Å². The number of halogens is 1. The van der Waals surface area contributed by atoms with Crippen LogP contribution in [0.3, 0.4) is 0 Å². The van der Waals surface area contributed by atoms with Gasteiger partial charge in [0.25, 0.3) is 0 Å². The second kappa shape index (κ2) is 6.67. The molecule has 0 saturated carbocycles. The molecular weight excluding hydrogens is 330 g/mol. The number of nitrogens with one attached hydrogen (secondary N) is 1. The number of hydrogen-bond acceptors (Lipinski definition) is 7. The molecule has 0 spiro atoms. The van der Waals surface area contributed by atoms with E-state index in [2.05, 4.69) is 36.2 Å². The first-order valence-corrected chi connectivity index (χ1v) is 7.40. The van der Waals surface area contributed by atoms with Gasteiger partial charge < -0.3 is 15.8 Å². The highest BCUT2D eigenvalue weighted by atomic mass is 79.9. The minimum absolute atomic E-state index is 0.149. The fourth-order valence-corrected chi connectivity index (χ4v) is 2.74. The summed E-state index contributed by atoms with van der Waals surface area (Å²) in [5, 5.41) is 3.10. The highest BCUT2D eigenvalue weighted by Gasteiger charge is 2.05. The van der Waals surface area contributed by atoms with Crippen LogP contribution in [0.5, 0.6) is 6.01 Å². The van der Waals surface area contributed by atoms with Gasteiger partial charge in [0.15, 0.2) is 0 Å². The Kier molecular flexibility index (Phi) is 4.92. The van der Waals surface area contributed by atoms with E-state index in [1.54, 1.807) is 11.3 Å². The third kappa shape index (κ3) is 4.32. The van der Waals surface area contributed by atoms with Crippen LogP contribution in [0.2, 0.25) is 0 Å². The van der Waals surface area contributed by atoms with Gasteiger partial charge in [-0.25, -0.2) is 0 Å². The summed E-state index contributed by atoms with van der Waals surface area (Å²) in [5.41, 5.74) is 5.62. The Morgan fingerprint density at radius 2 is 2.21 bits per heavy atom. The van der Waals surface area contributed by atoms with Crippen molar-refractivity contribution in [2.45, 2.75) is 19.9 Å². The molecule has 2 rings (SSSR count). The van der Waals surface area contributed by atoms with Crippen LogP contribution in [-0.4, -0.2) is 21.6 Å². The molecule has 3 N–H and O–H groups in total. The predicted molar refractivity (Wildman–Crippen MR) is 79.4 cm³/mol. The molecule has 2 aromatic heterocycles. The lowest BCUT2D eigenvalue weighted by atomic mass is 10.5. The van der Waals surface area contributed by atoms with E-state index < -0.39 is 0 Å². The molecule has 0 saturated heterocycles. The monoisotopic (exact) mass is 343 g/mol. The molecule has 6 nitrogen and oxygen atoms in total. The van der Waals surface area contributed by atoms with Gasteiger partial charge in [-0.3, -0.25) is 0 Å². The van der Waals surface area contributed by atoms with Crippen molar-refractivity contribution < 1.29 is 4.74 Å². The van der Waals surface area contributed by atoms with Crippen LogP contribution in [0.25, 0.3) is 0 Å². The third-order valence-corrected chi connectivity index (χ3v) is 3.74. The summed E-state index contributed by atoms with van der Waals surface area (Å²) < 4.78 is 6.43. The lowest BCUT2D eigenvalue weighted by molar-refractivity contribution is 0.292. The van der Waals surface area contributed by atoms with E-state index in [-0.39, 0.29) is 12.0 Å². The molecular formula is C11H14BrN5OS. The lowest BCUT2D eigenvalue weighted by Crippen LogP contribution is -2.09. The van der Waals surface area contributed by atoms with Gasteiger partial charge in [-0.2, -0.15) is 15.0 Å². The van der Waals surface area contributed by atoms with Gasteiger partial charge in [0.1, 0.15) is 0 Å². The van der Waals surface area contributed by atoms with E-state index in [4.69, 9.17) is 10.5 Å². The molecule has 2 heterocycles. The minimum Gasteiger partial charge on any atom is -0.463 e. The number of nitrogen functional groups attached to an aromatic ring is 1. The SMILES string of the molecule is CCCOc1nc(N)nc(NCc2ccc(Br)s2)n1. The Labute approximate surface area is 123 Å².